The van der Waals surface area contributed by atoms with E-state index in [1.54, 1.807) is 6.20 Å². The van der Waals surface area contributed by atoms with Crippen molar-refractivity contribution in [3.8, 4) is 5.75 Å². The molecule has 4 rings (SSSR count). The second-order valence-electron chi connectivity index (χ2n) is 5.74. The number of ether oxygens (including phenoxy) is 1. The van der Waals surface area contributed by atoms with E-state index in [1.807, 2.05) is 31.4 Å². The predicted molar refractivity (Wildman–Crippen MR) is 95.6 cm³/mol. The van der Waals surface area contributed by atoms with Crippen molar-refractivity contribution in [3.05, 3.63) is 73.4 Å². The molecule has 6 nitrogen and oxygen atoms in total. The first-order valence-electron chi connectivity index (χ1n) is 7.65. The summed E-state index contributed by atoms with van der Waals surface area (Å²) in [4.78, 5) is 28.7. The Labute approximate surface area is 145 Å². The molecule has 3 heterocycles. The van der Waals surface area contributed by atoms with E-state index in [-0.39, 0.29) is 17.8 Å². The molecule has 0 N–H and O–H groups in total. The van der Waals surface area contributed by atoms with E-state index in [4.69, 9.17) is 9.15 Å². The van der Waals surface area contributed by atoms with Gasteiger partial charge in [0.1, 0.15) is 17.9 Å². The molecular weight excluding hydrogens is 340 g/mol. The lowest BCUT2D eigenvalue weighted by Gasteiger charge is -2.11. The summed E-state index contributed by atoms with van der Waals surface area (Å²) in [5.41, 5.74) is 2.15. The standard InChI is InChI=1S/C18H14N2O4S/c1-10-7-16(22)24-17-11(2)14(4-3-13(10)17)23-9-12-8-15(21)20-5-6-25-18(20)19-12/h3-8H,9H2,1-2H3. The highest BCUT2D eigenvalue weighted by molar-refractivity contribution is 7.15. The summed E-state index contributed by atoms with van der Waals surface area (Å²) >= 11 is 1.39. The maximum Gasteiger partial charge on any atom is 0.336 e. The van der Waals surface area contributed by atoms with Crippen LogP contribution in [0.15, 0.2) is 49.8 Å². The summed E-state index contributed by atoms with van der Waals surface area (Å²) in [6.07, 6.45) is 1.69. The van der Waals surface area contributed by atoms with Gasteiger partial charge in [-0.25, -0.2) is 9.78 Å². The Balaban J connectivity index is 1.69. The zero-order valence-corrected chi connectivity index (χ0v) is 14.4. The molecule has 126 valence electrons. The molecule has 0 saturated carbocycles. The highest BCUT2D eigenvalue weighted by Gasteiger charge is 2.11. The third-order valence-electron chi connectivity index (χ3n) is 4.05. The topological polar surface area (TPSA) is 73.8 Å². The van der Waals surface area contributed by atoms with Crippen LogP contribution in [0.4, 0.5) is 0 Å². The maximum atomic E-state index is 12.0. The van der Waals surface area contributed by atoms with Crippen LogP contribution in [0.1, 0.15) is 16.8 Å². The van der Waals surface area contributed by atoms with Crippen molar-refractivity contribution in [2.45, 2.75) is 20.5 Å². The van der Waals surface area contributed by atoms with E-state index in [0.29, 0.717) is 22.0 Å². The minimum atomic E-state index is -0.386. The Hall–Kier alpha value is -2.93. The summed E-state index contributed by atoms with van der Waals surface area (Å²) in [6, 6.07) is 6.62. The number of hydrogen-bond donors (Lipinski definition) is 0. The van der Waals surface area contributed by atoms with Gasteiger partial charge in [0.05, 0.1) is 5.69 Å². The van der Waals surface area contributed by atoms with Gasteiger partial charge in [-0.2, -0.15) is 0 Å². The van der Waals surface area contributed by atoms with Gasteiger partial charge in [0.2, 0.25) is 0 Å². The van der Waals surface area contributed by atoms with Crippen molar-refractivity contribution in [1.82, 2.24) is 9.38 Å². The first-order chi connectivity index (χ1) is 12.0. The molecular formula is C18H14N2O4S. The van der Waals surface area contributed by atoms with Gasteiger partial charge in [-0.1, -0.05) is 0 Å². The number of aromatic nitrogens is 2. The predicted octanol–water partition coefficient (Wildman–Crippen LogP) is 3.06. The number of thiazole rings is 1. The third-order valence-corrected chi connectivity index (χ3v) is 4.81. The Bertz CT molecular complexity index is 1220. The highest BCUT2D eigenvalue weighted by Crippen LogP contribution is 2.28. The quantitative estimate of drug-likeness (QED) is 0.529. The number of fused-ring (bicyclic) bond motifs is 2. The van der Waals surface area contributed by atoms with E-state index < -0.39 is 0 Å². The molecule has 0 spiro atoms. The summed E-state index contributed by atoms with van der Waals surface area (Å²) < 4.78 is 12.6. The van der Waals surface area contributed by atoms with Crippen molar-refractivity contribution < 1.29 is 9.15 Å². The molecule has 0 atom stereocenters. The molecule has 0 amide bonds. The summed E-state index contributed by atoms with van der Waals surface area (Å²) in [5.74, 6) is 0.592. The average molecular weight is 354 g/mol. The van der Waals surface area contributed by atoms with Crippen LogP contribution in [0.2, 0.25) is 0 Å². The molecule has 25 heavy (non-hydrogen) atoms. The van der Waals surface area contributed by atoms with Crippen LogP contribution in [-0.4, -0.2) is 9.38 Å². The fourth-order valence-electron chi connectivity index (χ4n) is 2.77. The second kappa shape index (κ2) is 5.86. The van der Waals surface area contributed by atoms with E-state index in [0.717, 1.165) is 16.5 Å². The van der Waals surface area contributed by atoms with E-state index >= 15 is 0 Å². The molecule has 0 radical (unpaired) electrons. The zero-order chi connectivity index (χ0) is 17.6. The fraction of sp³-hybridized carbons (Fsp3) is 0.167. The molecule has 0 unspecified atom stereocenters. The Morgan fingerprint density at radius 1 is 1.24 bits per heavy atom. The van der Waals surface area contributed by atoms with Crippen LogP contribution in [0, 0.1) is 13.8 Å². The van der Waals surface area contributed by atoms with Gasteiger partial charge in [0.15, 0.2) is 4.96 Å². The van der Waals surface area contributed by atoms with Crippen molar-refractivity contribution in [2.24, 2.45) is 0 Å². The lowest BCUT2D eigenvalue weighted by molar-refractivity contribution is 0.299. The molecule has 0 saturated heterocycles. The molecule has 1 aromatic carbocycles. The van der Waals surface area contributed by atoms with Gasteiger partial charge >= 0.3 is 5.63 Å². The first kappa shape index (κ1) is 15.6. The largest absolute Gasteiger partial charge is 0.487 e. The summed E-state index contributed by atoms with van der Waals surface area (Å²) in [5, 5.41) is 2.69. The first-order valence-corrected chi connectivity index (χ1v) is 8.53. The van der Waals surface area contributed by atoms with Gasteiger partial charge in [-0.05, 0) is 31.5 Å². The molecule has 0 aliphatic heterocycles. The summed E-state index contributed by atoms with van der Waals surface area (Å²) in [7, 11) is 0. The van der Waals surface area contributed by atoms with E-state index in [9.17, 15) is 9.59 Å². The molecule has 0 bridgehead atoms. The van der Waals surface area contributed by atoms with Crippen molar-refractivity contribution >= 4 is 27.3 Å². The van der Waals surface area contributed by atoms with Crippen LogP contribution in [0.5, 0.6) is 5.75 Å². The van der Waals surface area contributed by atoms with Crippen LogP contribution >= 0.6 is 11.3 Å². The smallest absolute Gasteiger partial charge is 0.336 e. The van der Waals surface area contributed by atoms with Crippen LogP contribution in [-0.2, 0) is 6.61 Å². The molecule has 0 fully saturated rings. The monoisotopic (exact) mass is 354 g/mol. The van der Waals surface area contributed by atoms with Gasteiger partial charge in [-0.15, -0.1) is 11.3 Å². The molecule has 4 aromatic rings. The van der Waals surface area contributed by atoms with Gasteiger partial charge in [-0.3, -0.25) is 9.20 Å². The Morgan fingerprint density at radius 3 is 2.92 bits per heavy atom. The lowest BCUT2D eigenvalue weighted by atomic mass is 10.1. The maximum absolute atomic E-state index is 12.0. The van der Waals surface area contributed by atoms with E-state index in [1.165, 1.54) is 27.9 Å². The minimum absolute atomic E-state index is 0.137. The molecule has 3 aromatic heterocycles. The van der Waals surface area contributed by atoms with Gasteiger partial charge in [0, 0.05) is 34.7 Å². The number of benzene rings is 1. The average Bonchev–Trinajstić information content (AvgIpc) is 3.04. The van der Waals surface area contributed by atoms with Crippen molar-refractivity contribution in [3.63, 3.8) is 0 Å². The van der Waals surface area contributed by atoms with Crippen LogP contribution in [0.25, 0.3) is 15.9 Å². The number of hydrogen-bond acceptors (Lipinski definition) is 6. The van der Waals surface area contributed by atoms with Gasteiger partial charge < -0.3 is 9.15 Å². The zero-order valence-electron chi connectivity index (χ0n) is 13.6. The van der Waals surface area contributed by atoms with E-state index in [2.05, 4.69) is 4.98 Å². The molecule has 7 heteroatoms. The van der Waals surface area contributed by atoms with Gasteiger partial charge in [0.25, 0.3) is 5.56 Å². The minimum Gasteiger partial charge on any atom is -0.487 e. The Morgan fingerprint density at radius 2 is 2.08 bits per heavy atom. The molecule has 0 aliphatic carbocycles. The number of aryl methyl sites for hydroxylation is 2. The number of nitrogens with zero attached hydrogens (tertiary/aromatic N) is 2. The third kappa shape index (κ3) is 2.72. The number of rotatable bonds is 3. The van der Waals surface area contributed by atoms with Crippen LogP contribution < -0.4 is 15.9 Å². The highest BCUT2D eigenvalue weighted by atomic mass is 32.1. The lowest BCUT2D eigenvalue weighted by Crippen LogP contribution is -2.14. The SMILES string of the molecule is Cc1cc(=O)oc2c(C)c(OCc3cc(=O)n4ccsc4n3)ccc12. The summed E-state index contributed by atoms with van der Waals surface area (Å²) in [6.45, 7) is 3.86. The Kier molecular flexibility index (Phi) is 3.65. The normalized spacial score (nSPS) is 11.3. The van der Waals surface area contributed by atoms with Crippen molar-refractivity contribution in [2.75, 3.05) is 0 Å². The molecule has 0 aliphatic rings. The van der Waals surface area contributed by atoms with Crippen molar-refractivity contribution in [1.29, 1.82) is 0 Å². The second-order valence-corrected chi connectivity index (χ2v) is 6.62. The van der Waals surface area contributed by atoms with Crippen LogP contribution in [0.3, 0.4) is 0 Å². The fourth-order valence-corrected chi connectivity index (χ4v) is 3.51.